The number of aromatic nitrogens is 5. The molecular weight excluding hydrogens is 283 g/mol. The fraction of sp³-hybridized carbons (Fsp3) is 0.308. The van der Waals surface area contributed by atoms with Gasteiger partial charge < -0.3 is 0 Å². The van der Waals surface area contributed by atoms with E-state index < -0.39 is 12.2 Å². The second-order valence-electron chi connectivity index (χ2n) is 4.61. The summed E-state index contributed by atoms with van der Waals surface area (Å²) in [6, 6.07) is 0.122. The van der Waals surface area contributed by atoms with E-state index in [1.807, 2.05) is 0 Å². The maximum atomic E-state index is 12.9. The minimum Gasteiger partial charge on any atom is -0.260 e. The lowest BCUT2D eigenvalue weighted by molar-refractivity contribution is -0.170. The Morgan fingerprint density at radius 1 is 1.24 bits per heavy atom. The zero-order valence-electron chi connectivity index (χ0n) is 11.1. The standard InChI is InChI=1S/C13H12F3N5/c1-2-11(13(14,15)16)21-8-9(7-19-21)12-10-3-4-18-20(10)6-5-17-12/h3-8,11H,2H2,1H3. The molecule has 0 aliphatic heterocycles. The van der Waals surface area contributed by atoms with Gasteiger partial charge in [0.05, 0.1) is 23.6 Å². The van der Waals surface area contributed by atoms with E-state index in [9.17, 15) is 13.2 Å². The van der Waals surface area contributed by atoms with E-state index in [4.69, 9.17) is 0 Å². The average Bonchev–Trinajstić information content (AvgIpc) is 3.05. The molecule has 1 atom stereocenters. The van der Waals surface area contributed by atoms with Crippen LogP contribution in [-0.4, -0.2) is 30.6 Å². The van der Waals surface area contributed by atoms with Gasteiger partial charge in [-0.25, -0.2) is 4.52 Å². The summed E-state index contributed by atoms with van der Waals surface area (Å²) in [5, 5.41) is 7.92. The van der Waals surface area contributed by atoms with Crippen LogP contribution >= 0.6 is 0 Å². The normalized spacial score (nSPS) is 13.7. The van der Waals surface area contributed by atoms with Gasteiger partial charge in [-0.3, -0.25) is 9.67 Å². The van der Waals surface area contributed by atoms with E-state index in [0.717, 1.165) is 10.2 Å². The molecule has 0 radical (unpaired) electrons. The van der Waals surface area contributed by atoms with E-state index in [1.165, 1.54) is 19.3 Å². The van der Waals surface area contributed by atoms with Crippen LogP contribution in [-0.2, 0) is 0 Å². The maximum absolute atomic E-state index is 12.9. The molecule has 8 heteroatoms. The summed E-state index contributed by atoms with van der Waals surface area (Å²) in [5.74, 6) is 0. The van der Waals surface area contributed by atoms with Crippen molar-refractivity contribution >= 4 is 5.52 Å². The van der Waals surface area contributed by atoms with Gasteiger partial charge in [-0.1, -0.05) is 6.92 Å². The number of nitrogens with zero attached hydrogens (tertiary/aromatic N) is 5. The van der Waals surface area contributed by atoms with Crippen molar-refractivity contribution in [2.24, 2.45) is 0 Å². The number of rotatable bonds is 3. The number of alkyl halides is 3. The van der Waals surface area contributed by atoms with Crippen molar-refractivity contribution in [2.45, 2.75) is 25.6 Å². The van der Waals surface area contributed by atoms with Crippen LogP contribution in [0.25, 0.3) is 16.8 Å². The molecule has 0 saturated carbocycles. The van der Waals surface area contributed by atoms with Crippen LogP contribution in [0, 0.1) is 0 Å². The highest BCUT2D eigenvalue weighted by atomic mass is 19.4. The molecule has 0 fully saturated rings. The second kappa shape index (κ2) is 4.87. The Labute approximate surface area is 118 Å². The Hall–Kier alpha value is -2.38. The second-order valence-corrected chi connectivity index (χ2v) is 4.61. The highest BCUT2D eigenvalue weighted by molar-refractivity contribution is 5.75. The van der Waals surface area contributed by atoms with Crippen LogP contribution in [0.3, 0.4) is 0 Å². The van der Waals surface area contributed by atoms with Crippen LogP contribution in [0.15, 0.2) is 37.1 Å². The monoisotopic (exact) mass is 295 g/mol. The summed E-state index contributed by atoms with van der Waals surface area (Å²) in [4.78, 5) is 4.21. The molecule has 3 heterocycles. The fourth-order valence-corrected chi connectivity index (χ4v) is 2.28. The fourth-order valence-electron chi connectivity index (χ4n) is 2.28. The van der Waals surface area contributed by atoms with Crippen molar-refractivity contribution < 1.29 is 13.2 Å². The topological polar surface area (TPSA) is 48.0 Å². The van der Waals surface area contributed by atoms with Gasteiger partial charge in [0.2, 0.25) is 0 Å². The molecule has 0 aliphatic rings. The van der Waals surface area contributed by atoms with Crippen LogP contribution in [0.4, 0.5) is 13.2 Å². The first kappa shape index (κ1) is 13.6. The Morgan fingerprint density at radius 2 is 2.05 bits per heavy atom. The lowest BCUT2D eigenvalue weighted by atomic mass is 10.2. The Morgan fingerprint density at radius 3 is 2.76 bits per heavy atom. The van der Waals surface area contributed by atoms with Crippen molar-refractivity contribution in [3.8, 4) is 11.3 Å². The minimum atomic E-state index is -4.33. The van der Waals surface area contributed by atoms with Crippen molar-refractivity contribution in [1.82, 2.24) is 24.4 Å². The molecule has 3 rings (SSSR count). The van der Waals surface area contributed by atoms with Gasteiger partial charge in [-0.2, -0.15) is 23.4 Å². The molecule has 5 nitrogen and oxygen atoms in total. The highest BCUT2D eigenvalue weighted by Crippen LogP contribution is 2.33. The summed E-state index contributed by atoms with van der Waals surface area (Å²) in [7, 11) is 0. The third-order valence-electron chi connectivity index (χ3n) is 3.28. The molecule has 0 spiro atoms. The van der Waals surface area contributed by atoms with Gasteiger partial charge in [0, 0.05) is 24.2 Å². The van der Waals surface area contributed by atoms with Crippen LogP contribution in [0.1, 0.15) is 19.4 Å². The zero-order chi connectivity index (χ0) is 15.0. The highest BCUT2D eigenvalue weighted by Gasteiger charge is 2.40. The van der Waals surface area contributed by atoms with Crippen molar-refractivity contribution in [2.75, 3.05) is 0 Å². The summed E-state index contributed by atoms with van der Waals surface area (Å²) in [5.41, 5.74) is 1.80. The predicted molar refractivity (Wildman–Crippen MR) is 69.6 cm³/mol. The van der Waals surface area contributed by atoms with E-state index >= 15 is 0 Å². The lowest BCUT2D eigenvalue weighted by Gasteiger charge is -2.18. The molecule has 0 amide bonds. The van der Waals surface area contributed by atoms with Crippen molar-refractivity contribution in [1.29, 1.82) is 0 Å². The lowest BCUT2D eigenvalue weighted by Crippen LogP contribution is -2.26. The third kappa shape index (κ3) is 2.37. The molecule has 0 bridgehead atoms. The number of hydrogen-bond acceptors (Lipinski definition) is 3. The number of hydrogen-bond donors (Lipinski definition) is 0. The number of halogens is 3. The van der Waals surface area contributed by atoms with Gasteiger partial charge in [0.15, 0.2) is 0 Å². The van der Waals surface area contributed by atoms with E-state index in [-0.39, 0.29) is 6.42 Å². The first-order chi connectivity index (χ1) is 10.0. The first-order valence-electron chi connectivity index (χ1n) is 6.40. The molecule has 0 N–H and O–H groups in total. The summed E-state index contributed by atoms with van der Waals surface area (Å²) < 4.78 is 41.3. The third-order valence-corrected chi connectivity index (χ3v) is 3.28. The Bertz CT molecular complexity index is 758. The van der Waals surface area contributed by atoms with Gasteiger partial charge >= 0.3 is 6.18 Å². The zero-order valence-corrected chi connectivity index (χ0v) is 11.1. The molecule has 3 aromatic heterocycles. The van der Waals surface area contributed by atoms with Crippen LogP contribution in [0.5, 0.6) is 0 Å². The molecule has 1 unspecified atom stereocenters. The van der Waals surface area contributed by atoms with E-state index in [2.05, 4.69) is 15.2 Å². The minimum absolute atomic E-state index is 0.0745. The van der Waals surface area contributed by atoms with Crippen LogP contribution in [0.2, 0.25) is 0 Å². The van der Waals surface area contributed by atoms with E-state index in [1.54, 1.807) is 29.2 Å². The molecule has 3 aromatic rings. The van der Waals surface area contributed by atoms with Gasteiger partial charge in [-0.15, -0.1) is 0 Å². The maximum Gasteiger partial charge on any atom is 0.410 e. The van der Waals surface area contributed by atoms with Gasteiger partial charge in [0.1, 0.15) is 6.04 Å². The molecule has 110 valence electrons. The van der Waals surface area contributed by atoms with Crippen LogP contribution < -0.4 is 0 Å². The molecular formula is C13H12F3N5. The molecule has 0 saturated heterocycles. The predicted octanol–water partition coefficient (Wildman–Crippen LogP) is 3.11. The summed E-state index contributed by atoms with van der Waals surface area (Å²) >= 11 is 0. The first-order valence-corrected chi connectivity index (χ1v) is 6.40. The van der Waals surface area contributed by atoms with Crippen molar-refractivity contribution in [3.63, 3.8) is 0 Å². The van der Waals surface area contributed by atoms with E-state index in [0.29, 0.717) is 11.3 Å². The quantitative estimate of drug-likeness (QED) is 0.746. The summed E-state index contributed by atoms with van der Waals surface area (Å²) in [6.07, 6.45) is 3.20. The molecule has 21 heavy (non-hydrogen) atoms. The van der Waals surface area contributed by atoms with Gasteiger partial charge in [0.25, 0.3) is 0 Å². The average molecular weight is 295 g/mol. The largest absolute Gasteiger partial charge is 0.410 e. The number of fused-ring (bicyclic) bond motifs is 1. The summed E-state index contributed by atoms with van der Waals surface area (Å²) in [6.45, 7) is 1.48. The van der Waals surface area contributed by atoms with Crippen molar-refractivity contribution in [3.05, 3.63) is 37.1 Å². The Balaban J connectivity index is 2.04. The molecule has 0 aliphatic carbocycles. The molecule has 0 aromatic carbocycles. The van der Waals surface area contributed by atoms with Gasteiger partial charge in [-0.05, 0) is 12.5 Å². The SMILES string of the molecule is CCC(n1cc(-c2nccn3nccc23)cn1)C(F)(F)F. The smallest absolute Gasteiger partial charge is 0.260 e. The Kier molecular flexibility index (Phi) is 3.15.